The van der Waals surface area contributed by atoms with Gasteiger partial charge in [0.1, 0.15) is 0 Å². The Morgan fingerprint density at radius 3 is 2.42 bits per heavy atom. The van der Waals surface area contributed by atoms with Crippen LogP contribution in [0.25, 0.3) is 0 Å². The van der Waals surface area contributed by atoms with E-state index in [-0.39, 0.29) is 17.7 Å². The summed E-state index contributed by atoms with van der Waals surface area (Å²) in [4.78, 5) is 26.8. The first kappa shape index (κ1) is 16.7. The molecule has 4 heteroatoms. The number of carbonyl (C=O) groups is 2. The number of carboxylic acids is 1. The highest BCUT2D eigenvalue weighted by molar-refractivity contribution is 5.87. The highest BCUT2D eigenvalue weighted by Crippen LogP contribution is 2.48. The first-order valence-corrected chi connectivity index (χ1v) is 8.85. The van der Waals surface area contributed by atoms with Gasteiger partial charge in [-0.2, -0.15) is 0 Å². The summed E-state index contributed by atoms with van der Waals surface area (Å²) in [6.45, 7) is 3.35. The highest BCUT2D eigenvalue weighted by Gasteiger charge is 2.52. The van der Waals surface area contributed by atoms with Crippen LogP contribution in [0, 0.1) is 23.7 Å². The number of nitrogens with zero attached hydrogens (tertiary/aromatic N) is 1. The van der Waals surface area contributed by atoms with E-state index in [9.17, 15) is 14.7 Å². The fraction of sp³-hybridized carbons (Fsp3) is 0.500. The van der Waals surface area contributed by atoms with E-state index in [1.54, 1.807) is 0 Å². The fourth-order valence-corrected chi connectivity index (χ4v) is 4.13. The van der Waals surface area contributed by atoms with Crippen LogP contribution in [0.2, 0.25) is 0 Å². The Morgan fingerprint density at radius 2 is 1.79 bits per heavy atom. The predicted molar refractivity (Wildman–Crippen MR) is 92.1 cm³/mol. The largest absolute Gasteiger partial charge is 0.481 e. The van der Waals surface area contributed by atoms with Crippen molar-refractivity contribution in [2.45, 2.75) is 32.7 Å². The van der Waals surface area contributed by atoms with Gasteiger partial charge in [0.15, 0.2) is 0 Å². The van der Waals surface area contributed by atoms with Gasteiger partial charge in [-0.1, -0.05) is 55.8 Å². The van der Waals surface area contributed by atoms with E-state index in [1.165, 1.54) is 0 Å². The third-order valence-corrected chi connectivity index (χ3v) is 5.34. The first-order valence-electron chi connectivity index (χ1n) is 8.85. The van der Waals surface area contributed by atoms with Crippen molar-refractivity contribution in [1.29, 1.82) is 0 Å². The molecule has 3 rings (SSSR count). The molecule has 4 atom stereocenters. The van der Waals surface area contributed by atoms with Crippen LogP contribution >= 0.6 is 0 Å². The lowest BCUT2D eigenvalue weighted by molar-refractivity contribution is -0.151. The lowest BCUT2D eigenvalue weighted by atomic mass is 9.82. The molecule has 1 aromatic rings. The molecule has 0 saturated heterocycles. The molecular weight excluding hydrogens is 302 g/mol. The molecule has 2 bridgehead atoms. The van der Waals surface area contributed by atoms with Crippen molar-refractivity contribution >= 4 is 11.9 Å². The molecule has 1 N–H and O–H groups in total. The second-order valence-corrected chi connectivity index (χ2v) is 6.94. The van der Waals surface area contributed by atoms with Gasteiger partial charge in [-0.3, -0.25) is 9.59 Å². The van der Waals surface area contributed by atoms with E-state index in [2.05, 4.69) is 6.92 Å². The number of aliphatic carboxylic acids is 1. The number of carboxylic acid groups (broad SMARTS) is 1. The zero-order chi connectivity index (χ0) is 17.1. The average molecular weight is 327 g/mol. The first-order chi connectivity index (χ1) is 11.6. The monoisotopic (exact) mass is 327 g/mol. The Hall–Kier alpha value is -2.10. The minimum absolute atomic E-state index is 0.0107. The van der Waals surface area contributed by atoms with Gasteiger partial charge >= 0.3 is 5.97 Å². The summed E-state index contributed by atoms with van der Waals surface area (Å²) in [5.41, 5.74) is 1.09. The molecule has 1 aromatic carbocycles. The molecule has 4 unspecified atom stereocenters. The van der Waals surface area contributed by atoms with Crippen LogP contribution in [-0.2, 0) is 16.1 Å². The van der Waals surface area contributed by atoms with E-state index < -0.39 is 17.8 Å². The summed E-state index contributed by atoms with van der Waals surface area (Å²) >= 11 is 0. The number of carbonyl (C=O) groups excluding carboxylic acids is 1. The number of hydrogen-bond acceptors (Lipinski definition) is 2. The molecule has 2 aliphatic rings. The normalized spacial score (nSPS) is 27.4. The maximum atomic E-state index is 13.2. The topological polar surface area (TPSA) is 57.6 Å². The highest BCUT2D eigenvalue weighted by atomic mass is 16.4. The molecule has 0 radical (unpaired) electrons. The molecule has 1 fully saturated rings. The molecule has 1 saturated carbocycles. The SMILES string of the molecule is CCCCN(Cc1ccccc1)C(=O)C1C2C=CC(C2)C1C(=O)O. The van der Waals surface area contributed by atoms with Crippen molar-refractivity contribution in [2.24, 2.45) is 23.7 Å². The van der Waals surface area contributed by atoms with Crippen LogP contribution in [0.4, 0.5) is 0 Å². The van der Waals surface area contributed by atoms with Gasteiger partial charge < -0.3 is 10.0 Å². The van der Waals surface area contributed by atoms with E-state index in [0.717, 1.165) is 24.8 Å². The van der Waals surface area contributed by atoms with Gasteiger partial charge in [-0.25, -0.2) is 0 Å². The summed E-state index contributed by atoms with van der Waals surface area (Å²) in [5.74, 6) is -1.68. The van der Waals surface area contributed by atoms with Gasteiger partial charge in [-0.15, -0.1) is 0 Å². The predicted octanol–water partition coefficient (Wildman–Crippen LogP) is 3.34. The van der Waals surface area contributed by atoms with E-state index in [1.807, 2.05) is 47.4 Å². The van der Waals surface area contributed by atoms with Crippen molar-refractivity contribution in [3.8, 4) is 0 Å². The fourth-order valence-electron chi connectivity index (χ4n) is 4.13. The Balaban J connectivity index is 1.80. The number of allylic oxidation sites excluding steroid dienone is 2. The summed E-state index contributed by atoms with van der Waals surface area (Å²) < 4.78 is 0. The second kappa shape index (κ2) is 7.20. The number of hydrogen-bond donors (Lipinski definition) is 1. The molecule has 128 valence electrons. The Kier molecular flexibility index (Phi) is 5.03. The molecule has 2 aliphatic carbocycles. The third-order valence-electron chi connectivity index (χ3n) is 5.34. The minimum atomic E-state index is -0.833. The van der Waals surface area contributed by atoms with E-state index in [4.69, 9.17) is 0 Å². The molecule has 0 spiro atoms. The quantitative estimate of drug-likeness (QED) is 0.782. The Morgan fingerprint density at radius 1 is 1.12 bits per heavy atom. The molecule has 1 amide bonds. The van der Waals surface area contributed by atoms with Gasteiger partial charge in [0.25, 0.3) is 0 Å². The number of fused-ring (bicyclic) bond motifs is 2. The van der Waals surface area contributed by atoms with Crippen LogP contribution in [0.15, 0.2) is 42.5 Å². The maximum Gasteiger partial charge on any atom is 0.307 e. The van der Waals surface area contributed by atoms with Crippen molar-refractivity contribution in [3.05, 3.63) is 48.0 Å². The van der Waals surface area contributed by atoms with Crippen LogP contribution in [-0.4, -0.2) is 28.4 Å². The van der Waals surface area contributed by atoms with Crippen LogP contribution < -0.4 is 0 Å². The second-order valence-electron chi connectivity index (χ2n) is 6.94. The standard InChI is InChI=1S/C20H25NO3/c1-2-3-11-21(13-14-7-5-4-6-8-14)19(22)17-15-9-10-16(12-15)18(17)20(23)24/h4-10,15-18H,2-3,11-13H2,1H3,(H,23,24). The van der Waals surface area contributed by atoms with Crippen molar-refractivity contribution in [1.82, 2.24) is 4.90 Å². The number of rotatable bonds is 7. The number of amides is 1. The van der Waals surface area contributed by atoms with Crippen molar-refractivity contribution in [3.63, 3.8) is 0 Å². The minimum Gasteiger partial charge on any atom is -0.481 e. The van der Waals surface area contributed by atoms with Gasteiger partial charge in [0.05, 0.1) is 11.8 Å². The Labute approximate surface area is 143 Å². The molecule has 0 heterocycles. The van der Waals surface area contributed by atoms with Crippen LogP contribution in [0.3, 0.4) is 0 Å². The van der Waals surface area contributed by atoms with Gasteiger partial charge in [-0.05, 0) is 30.2 Å². The van der Waals surface area contributed by atoms with Crippen LogP contribution in [0.1, 0.15) is 31.7 Å². The van der Waals surface area contributed by atoms with Gasteiger partial charge in [0, 0.05) is 13.1 Å². The van der Waals surface area contributed by atoms with E-state index >= 15 is 0 Å². The number of benzene rings is 1. The maximum absolute atomic E-state index is 13.2. The smallest absolute Gasteiger partial charge is 0.307 e. The summed E-state index contributed by atoms with van der Waals surface area (Å²) in [5, 5.41) is 9.60. The lowest BCUT2D eigenvalue weighted by Gasteiger charge is -2.31. The van der Waals surface area contributed by atoms with Crippen LogP contribution in [0.5, 0.6) is 0 Å². The zero-order valence-corrected chi connectivity index (χ0v) is 14.1. The molecule has 0 aliphatic heterocycles. The molecule has 24 heavy (non-hydrogen) atoms. The van der Waals surface area contributed by atoms with Gasteiger partial charge in [0.2, 0.25) is 5.91 Å². The molecular formula is C20H25NO3. The summed E-state index contributed by atoms with van der Waals surface area (Å²) in [6, 6.07) is 9.93. The third kappa shape index (κ3) is 3.23. The van der Waals surface area contributed by atoms with Crippen molar-refractivity contribution < 1.29 is 14.7 Å². The summed E-state index contributed by atoms with van der Waals surface area (Å²) in [6.07, 6.45) is 6.79. The molecule has 0 aromatic heterocycles. The zero-order valence-electron chi connectivity index (χ0n) is 14.1. The number of unbranched alkanes of at least 4 members (excludes halogenated alkanes) is 1. The molecule has 4 nitrogen and oxygen atoms in total. The average Bonchev–Trinajstić information content (AvgIpc) is 3.20. The lowest BCUT2D eigenvalue weighted by Crippen LogP contribution is -2.43. The van der Waals surface area contributed by atoms with E-state index in [0.29, 0.717) is 13.1 Å². The van der Waals surface area contributed by atoms with Crippen molar-refractivity contribution in [2.75, 3.05) is 6.54 Å². The Bertz CT molecular complexity index is 625. The summed E-state index contributed by atoms with van der Waals surface area (Å²) in [7, 11) is 0.